The fourth-order valence-corrected chi connectivity index (χ4v) is 11.5. The molecule has 0 atom stereocenters. The zero-order valence-electron chi connectivity index (χ0n) is 23.1. The molecule has 41 heavy (non-hydrogen) atoms. The molecule has 208 valence electrons. The van der Waals surface area contributed by atoms with E-state index in [-0.39, 0.29) is 11.1 Å². The number of para-hydroxylation sites is 4. The van der Waals surface area contributed by atoms with Gasteiger partial charge in [-0.15, -0.1) is 0 Å². The SMILES string of the molecule is CC1(C)c2[c-]c(ccc2)Oc2[c-]c(ccc2)C2(CCCC2)N2[C]3=[Pt]=[C]4N(CN3c3ccccc32)c2ccccc2N41. The van der Waals surface area contributed by atoms with Crippen molar-refractivity contribution in [2.24, 2.45) is 0 Å². The second-order valence-electron chi connectivity index (χ2n) is 12.0. The maximum absolute atomic E-state index is 6.52. The van der Waals surface area contributed by atoms with E-state index in [9.17, 15) is 0 Å². The molecule has 1 aliphatic carbocycles. The average molecular weight is 718 g/mol. The Labute approximate surface area is 249 Å². The van der Waals surface area contributed by atoms with Crippen molar-refractivity contribution in [1.82, 2.24) is 0 Å². The van der Waals surface area contributed by atoms with Gasteiger partial charge in [0.15, 0.2) is 0 Å². The normalized spacial score (nSPS) is 20.8. The van der Waals surface area contributed by atoms with Gasteiger partial charge in [0.2, 0.25) is 0 Å². The van der Waals surface area contributed by atoms with Crippen LogP contribution in [-0.4, -0.2) is 15.0 Å². The molecule has 0 unspecified atom stereocenters. The second-order valence-corrected chi connectivity index (χ2v) is 14.6. The summed E-state index contributed by atoms with van der Waals surface area (Å²) in [5.41, 5.74) is 7.07. The van der Waals surface area contributed by atoms with E-state index in [4.69, 9.17) is 4.74 Å². The standard InChI is InChI=1S/C35H30N4O.Pt/c1-34(2)26-11-9-13-28(21-26)40-29-14-10-12-27(22-29)35(19-7-8-20-35)39-25-37(31-16-4-6-18-33(31)39)23-36-24-38(34)32-17-5-3-15-30(32)36;/h3-6,9-18H,7-8,19-20,23H2,1-2H3;/q-2;. The molecule has 0 N–H and O–H groups in total. The third-order valence-electron chi connectivity index (χ3n) is 9.34. The summed E-state index contributed by atoms with van der Waals surface area (Å²) in [6.07, 6.45) is 4.65. The Hall–Kier alpha value is -3.69. The van der Waals surface area contributed by atoms with E-state index in [1.807, 2.05) is 12.1 Å². The van der Waals surface area contributed by atoms with Crippen LogP contribution in [-0.2, 0) is 28.7 Å². The van der Waals surface area contributed by atoms with Crippen LogP contribution in [0.25, 0.3) is 0 Å². The number of hydrogen-bond acceptors (Lipinski definition) is 5. The predicted molar refractivity (Wildman–Crippen MR) is 161 cm³/mol. The molecule has 4 heterocycles. The molecule has 9 rings (SSSR count). The third-order valence-corrected chi connectivity index (χ3v) is 12.6. The molecule has 4 aromatic rings. The number of benzene rings is 4. The van der Waals surface area contributed by atoms with E-state index < -0.39 is 17.6 Å². The summed E-state index contributed by atoms with van der Waals surface area (Å²) in [5, 5.41) is 0. The molecule has 1 fully saturated rings. The van der Waals surface area contributed by atoms with E-state index in [0.29, 0.717) is 0 Å². The minimum absolute atomic E-state index is 0.149. The molecule has 1 saturated carbocycles. The number of fused-ring (bicyclic) bond motifs is 12. The van der Waals surface area contributed by atoms with Crippen molar-refractivity contribution in [3.63, 3.8) is 0 Å². The van der Waals surface area contributed by atoms with Crippen molar-refractivity contribution in [3.8, 4) is 11.5 Å². The van der Waals surface area contributed by atoms with Gasteiger partial charge in [-0.3, -0.25) is 0 Å². The van der Waals surface area contributed by atoms with E-state index in [0.717, 1.165) is 36.6 Å². The topological polar surface area (TPSA) is 22.2 Å². The molecule has 6 bridgehead atoms. The van der Waals surface area contributed by atoms with Gasteiger partial charge in [-0.2, -0.15) is 0 Å². The first-order chi connectivity index (χ1) is 20.0. The Morgan fingerprint density at radius 2 is 1.17 bits per heavy atom. The van der Waals surface area contributed by atoms with Crippen molar-refractivity contribution < 1.29 is 22.4 Å². The first-order valence-corrected chi connectivity index (χ1v) is 16.7. The van der Waals surface area contributed by atoms with Gasteiger partial charge in [-0.25, -0.2) is 0 Å². The summed E-state index contributed by atoms with van der Waals surface area (Å²) in [6, 6.07) is 38.2. The Morgan fingerprint density at radius 1 is 0.634 bits per heavy atom. The number of hydrogen-bond donors (Lipinski definition) is 0. The van der Waals surface area contributed by atoms with Crippen molar-refractivity contribution >= 4 is 31.0 Å². The van der Waals surface area contributed by atoms with Crippen LogP contribution >= 0.6 is 0 Å². The van der Waals surface area contributed by atoms with Crippen molar-refractivity contribution in [1.29, 1.82) is 0 Å². The van der Waals surface area contributed by atoms with Crippen LogP contribution in [0.3, 0.4) is 0 Å². The average Bonchev–Trinajstić information content (AvgIpc) is 3.69. The van der Waals surface area contributed by atoms with E-state index in [1.54, 1.807) is 0 Å². The van der Waals surface area contributed by atoms with E-state index in [2.05, 4.69) is 118 Å². The van der Waals surface area contributed by atoms with Crippen LogP contribution < -0.4 is 24.3 Å². The summed E-state index contributed by atoms with van der Waals surface area (Å²) in [4.78, 5) is 10.5. The van der Waals surface area contributed by atoms with Gasteiger partial charge in [0, 0.05) is 0 Å². The summed E-state index contributed by atoms with van der Waals surface area (Å²) in [6.45, 7) is 5.47. The molecule has 0 amide bonds. The summed E-state index contributed by atoms with van der Waals surface area (Å²) < 4.78 is 9.42. The Bertz CT molecular complexity index is 1820. The van der Waals surface area contributed by atoms with Gasteiger partial charge in [-0.05, 0) is 0 Å². The quantitative estimate of drug-likeness (QED) is 0.183. The molecular formula is C35H30N4OPt-2. The fourth-order valence-electron chi connectivity index (χ4n) is 7.36. The van der Waals surface area contributed by atoms with E-state index in [1.165, 1.54) is 49.4 Å². The molecule has 4 aromatic carbocycles. The van der Waals surface area contributed by atoms with E-state index >= 15 is 0 Å². The van der Waals surface area contributed by atoms with Crippen LogP contribution in [0.2, 0.25) is 0 Å². The molecule has 5 aliphatic rings. The second kappa shape index (κ2) is 8.42. The molecule has 5 nitrogen and oxygen atoms in total. The number of anilines is 4. The van der Waals surface area contributed by atoms with Gasteiger partial charge < -0.3 is 0 Å². The molecular weight excluding hydrogens is 687 g/mol. The van der Waals surface area contributed by atoms with Crippen molar-refractivity contribution in [2.45, 2.75) is 50.6 Å². The number of ether oxygens (including phenoxy) is 1. The van der Waals surface area contributed by atoms with Crippen molar-refractivity contribution in [3.05, 3.63) is 108 Å². The molecule has 1 spiro atoms. The first kappa shape index (κ1) is 24.0. The summed E-state index contributed by atoms with van der Waals surface area (Å²) >= 11 is -0.579. The summed E-state index contributed by atoms with van der Waals surface area (Å²) in [5.74, 6) is 1.49. The molecule has 0 aromatic heterocycles. The monoisotopic (exact) mass is 717 g/mol. The number of nitrogens with zero attached hydrogens (tertiary/aromatic N) is 4. The maximum atomic E-state index is 6.52. The number of rotatable bonds is 0. The zero-order valence-corrected chi connectivity index (χ0v) is 25.4. The van der Waals surface area contributed by atoms with Crippen LogP contribution in [0.5, 0.6) is 11.5 Å². The Kier molecular flexibility index (Phi) is 4.92. The molecule has 0 saturated heterocycles. The molecule has 6 heteroatoms. The van der Waals surface area contributed by atoms with Gasteiger partial charge in [0.1, 0.15) is 0 Å². The van der Waals surface area contributed by atoms with Gasteiger partial charge in [0.05, 0.1) is 0 Å². The Balaban J connectivity index is 1.40. The van der Waals surface area contributed by atoms with Gasteiger partial charge >= 0.3 is 250 Å². The van der Waals surface area contributed by atoms with Gasteiger partial charge in [-0.1, -0.05) is 0 Å². The minimum atomic E-state index is -0.579. The van der Waals surface area contributed by atoms with Gasteiger partial charge in [0.25, 0.3) is 0 Å². The molecule has 0 radical (unpaired) electrons. The zero-order chi connectivity index (χ0) is 27.3. The van der Waals surface area contributed by atoms with Crippen LogP contribution in [0, 0.1) is 12.1 Å². The molecule has 4 aliphatic heterocycles. The van der Waals surface area contributed by atoms with Crippen LogP contribution in [0.15, 0.2) is 84.9 Å². The predicted octanol–water partition coefficient (Wildman–Crippen LogP) is 6.98. The van der Waals surface area contributed by atoms with Crippen LogP contribution in [0.1, 0.15) is 50.7 Å². The third kappa shape index (κ3) is 3.21. The summed E-state index contributed by atoms with van der Waals surface area (Å²) in [7, 11) is 0. The fraction of sp³-hybridized carbons (Fsp3) is 0.257. The van der Waals surface area contributed by atoms with Crippen molar-refractivity contribution in [2.75, 3.05) is 26.3 Å². The first-order valence-electron chi connectivity index (χ1n) is 14.4. The Morgan fingerprint density at radius 3 is 1.83 bits per heavy atom. The van der Waals surface area contributed by atoms with Crippen LogP contribution in [0.4, 0.5) is 22.7 Å².